The highest BCUT2D eigenvalue weighted by atomic mass is 32.2. The predicted octanol–water partition coefficient (Wildman–Crippen LogP) is 1.37. The molecule has 0 saturated carbocycles. The Labute approximate surface area is 190 Å². The highest BCUT2D eigenvalue weighted by molar-refractivity contribution is 7.99. The number of aromatic nitrogens is 4. The van der Waals surface area contributed by atoms with Crippen molar-refractivity contribution in [2.24, 2.45) is 0 Å². The molecular weight excluding hydrogens is 452 g/mol. The third-order valence-corrected chi connectivity index (χ3v) is 7.50. The van der Waals surface area contributed by atoms with E-state index < -0.39 is 10.0 Å². The second-order valence-corrected chi connectivity index (χ2v) is 10.0. The molecule has 1 aliphatic rings. The maximum absolute atomic E-state index is 12.5. The second kappa shape index (κ2) is 9.84. The van der Waals surface area contributed by atoms with Crippen LogP contribution in [0.25, 0.3) is 5.65 Å². The first-order valence-corrected chi connectivity index (χ1v) is 12.7. The van der Waals surface area contributed by atoms with Gasteiger partial charge in [0.15, 0.2) is 11.5 Å². The molecule has 1 N–H and O–H groups in total. The number of fused-ring (bicyclic) bond motifs is 1. The summed E-state index contributed by atoms with van der Waals surface area (Å²) in [5, 5.41) is 13.4. The van der Waals surface area contributed by atoms with Gasteiger partial charge in [-0.15, -0.1) is 10.2 Å². The monoisotopic (exact) mass is 476 g/mol. The Morgan fingerprint density at radius 3 is 2.59 bits per heavy atom. The number of ether oxygens (including phenoxy) is 1. The summed E-state index contributed by atoms with van der Waals surface area (Å²) in [6, 6.07) is 9.76. The Balaban J connectivity index is 1.37. The number of methoxy groups -OCH3 is 1. The van der Waals surface area contributed by atoms with Crippen molar-refractivity contribution in [2.45, 2.75) is 29.2 Å². The van der Waals surface area contributed by atoms with E-state index in [-0.39, 0.29) is 17.3 Å². The molecule has 0 bridgehead atoms. The highest BCUT2D eigenvalue weighted by Crippen LogP contribution is 2.19. The number of nitrogens with one attached hydrogen (secondary N) is 1. The molecule has 0 radical (unpaired) electrons. The van der Waals surface area contributed by atoms with Gasteiger partial charge in [0, 0.05) is 26.1 Å². The maximum Gasteiger partial charge on any atom is 0.240 e. The first kappa shape index (κ1) is 22.5. The molecule has 2 aromatic heterocycles. The van der Waals surface area contributed by atoms with Gasteiger partial charge in [-0.3, -0.25) is 4.79 Å². The van der Waals surface area contributed by atoms with Crippen molar-refractivity contribution in [2.75, 3.05) is 32.5 Å². The van der Waals surface area contributed by atoms with Gasteiger partial charge in [0.05, 0.1) is 17.8 Å². The average molecular weight is 477 g/mol. The van der Waals surface area contributed by atoms with Crippen LogP contribution < -0.4 is 9.46 Å². The first-order valence-electron chi connectivity index (χ1n) is 10.2. The topological polar surface area (TPSA) is 119 Å². The number of sulfonamides is 1. The average Bonchev–Trinajstić information content (AvgIpc) is 3.48. The van der Waals surface area contributed by atoms with Gasteiger partial charge >= 0.3 is 0 Å². The Bertz CT molecular complexity index is 1190. The van der Waals surface area contributed by atoms with E-state index in [0.29, 0.717) is 34.4 Å². The fraction of sp³-hybridized carbons (Fsp3) is 0.400. The van der Waals surface area contributed by atoms with Crippen LogP contribution in [-0.4, -0.2) is 71.5 Å². The molecule has 1 saturated heterocycles. The first-order chi connectivity index (χ1) is 15.5. The zero-order valence-electron chi connectivity index (χ0n) is 17.6. The predicted molar refractivity (Wildman–Crippen MR) is 119 cm³/mol. The van der Waals surface area contributed by atoms with Crippen LogP contribution in [0, 0.1) is 0 Å². The van der Waals surface area contributed by atoms with Crippen molar-refractivity contribution >= 4 is 33.3 Å². The maximum atomic E-state index is 12.5. The zero-order chi connectivity index (χ0) is 22.6. The fourth-order valence-electron chi connectivity index (χ4n) is 3.38. The van der Waals surface area contributed by atoms with E-state index in [2.05, 4.69) is 20.0 Å². The summed E-state index contributed by atoms with van der Waals surface area (Å²) in [5.41, 5.74) is 0.563. The molecule has 0 atom stereocenters. The minimum Gasteiger partial charge on any atom is -0.497 e. The molecule has 1 aromatic carbocycles. The highest BCUT2D eigenvalue weighted by Gasteiger charge is 2.19. The van der Waals surface area contributed by atoms with Crippen molar-refractivity contribution in [3.8, 4) is 5.75 Å². The van der Waals surface area contributed by atoms with Crippen LogP contribution in [0.15, 0.2) is 46.3 Å². The molecule has 12 heteroatoms. The van der Waals surface area contributed by atoms with Gasteiger partial charge in [0.1, 0.15) is 10.8 Å². The van der Waals surface area contributed by atoms with Gasteiger partial charge in [0.25, 0.3) is 0 Å². The molecule has 1 aliphatic heterocycles. The summed E-state index contributed by atoms with van der Waals surface area (Å²) in [6.07, 6.45) is 2.43. The van der Waals surface area contributed by atoms with Gasteiger partial charge in [-0.25, -0.2) is 13.1 Å². The fourth-order valence-corrected chi connectivity index (χ4v) is 5.17. The summed E-state index contributed by atoms with van der Waals surface area (Å²) in [5.74, 6) is 1.57. The molecule has 10 nitrogen and oxygen atoms in total. The van der Waals surface area contributed by atoms with E-state index in [1.807, 2.05) is 11.0 Å². The van der Waals surface area contributed by atoms with E-state index >= 15 is 0 Å². The lowest BCUT2D eigenvalue weighted by Gasteiger charge is -2.14. The van der Waals surface area contributed by atoms with E-state index in [1.165, 1.54) is 31.0 Å². The third-order valence-electron chi connectivity index (χ3n) is 5.12. The minimum absolute atomic E-state index is 0.117. The van der Waals surface area contributed by atoms with Gasteiger partial charge < -0.3 is 9.64 Å². The van der Waals surface area contributed by atoms with Gasteiger partial charge in [-0.2, -0.15) is 9.61 Å². The number of rotatable bonds is 9. The lowest BCUT2D eigenvalue weighted by molar-refractivity contribution is -0.127. The number of benzene rings is 1. The van der Waals surface area contributed by atoms with Crippen molar-refractivity contribution in [3.63, 3.8) is 0 Å². The number of hydrogen-bond acceptors (Lipinski definition) is 8. The number of likely N-dealkylation sites (tertiary alicyclic amines) is 1. The van der Waals surface area contributed by atoms with Gasteiger partial charge in [-0.05, 0) is 49.2 Å². The summed E-state index contributed by atoms with van der Waals surface area (Å²) in [4.78, 5) is 14.3. The van der Waals surface area contributed by atoms with Crippen LogP contribution in [0.5, 0.6) is 5.75 Å². The molecule has 0 aliphatic carbocycles. The molecular formula is C20H24N6O4S2. The second-order valence-electron chi connectivity index (χ2n) is 7.26. The quantitative estimate of drug-likeness (QED) is 0.460. The van der Waals surface area contributed by atoms with Crippen molar-refractivity contribution < 1.29 is 17.9 Å². The Hall–Kier alpha value is -2.70. The van der Waals surface area contributed by atoms with Crippen LogP contribution in [0.4, 0.5) is 0 Å². The summed E-state index contributed by atoms with van der Waals surface area (Å²) in [7, 11) is -2.13. The number of thioether (sulfide) groups is 1. The lowest BCUT2D eigenvalue weighted by Crippen LogP contribution is -2.29. The molecule has 1 amide bonds. The molecule has 4 rings (SSSR count). The Morgan fingerprint density at radius 2 is 1.88 bits per heavy atom. The normalized spacial score (nSPS) is 14.2. The molecule has 0 spiro atoms. The molecule has 170 valence electrons. The summed E-state index contributed by atoms with van der Waals surface area (Å²) >= 11 is 1.37. The molecule has 0 unspecified atom stereocenters. The largest absolute Gasteiger partial charge is 0.497 e. The molecule has 1 fully saturated rings. The van der Waals surface area contributed by atoms with Gasteiger partial charge in [-0.1, -0.05) is 11.8 Å². The summed E-state index contributed by atoms with van der Waals surface area (Å²) < 4.78 is 34.2. The van der Waals surface area contributed by atoms with Crippen molar-refractivity contribution in [3.05, 3.63) is 42.2 Å². The minimum atomic E-state index is -3.66. The number of nitrogens with zero attached hydrogens (tertiary/aromatic N) is 5. The lowest BCUT2D eigenvalue weighted by atomic mass is 10.3. The van der Waals surface area contributed by atoms with E-state index in [0.717, 1.165) is 25.9 Å². The third kappa shape index (κ3) is 5.19. The van der Waals surface area contributed by atoms with Crippen molar-refractivity contribution in [1.29, 1.82) is 0 Å². The van der Waals surface area contributed by atoms with Crippen LogP contribution in [-0.2, 0) is 21.2 Å². The SMILES string of the molecule is COc1ccc(S(=O)(=O)NCCc2nnc3ccc(SCC(=O)N4CCCC4)nn23)cc1. The number of carbonyl (C=O) groups excluding carboxylic acids is 1. The smallest absolute Gasteiger partial charge is 0.240 e. The van der Waals surface area contributed by atoms with Crippen LogP contribution in [0.2, 0.25) is 0 Å². The number of hydrogen-bond donors (Lipinski definition) is 1. The Morgan fingerprint density at radius 1 is 1.12 bits per heavy atom. The number of carbonyl (C=O) groups is 1. The zero-order valence-corrected chi connectivity index (χ0v) is 19.2. The van der Waals surface area contributed by atoms with E-state index in [9.17, 15) is 13.2 Å². The van der Waals surface area contributed by atoms with Gasteiger partial charge in [0.2, 0.25) is 15.9 Å². The molecule has 3 aromatic rings. The van der Waals surface area contributed by atoms with E-state index in [1.54, 1.807) is 22.7 Å². The molecule has 3 heterocycles. The van der Waals surface area contributed by atoms with Crippen LogP contribution in [0.3, 0.4) is 0 Å². The van der Waals surface area contributed by atoms with Crippen LogP contribution >= 0.6 is 11.8 Å². The van der Waals surface area contributed by atoms with Crippen LogP contribution in [0.1, 0.15) is 18.7 Å². The van der Waals surface area contributed by atoms with E-state index in [4.69, 9.17) is 4.74 Å². The Kier molecular flexibility index (Phi) is 6.92. The molecule has 32 heavy (non-hydrogen) atoms. The van der Waals surface area contributed by atoms with Crippen molar-refractivity contribution in [1.82, 2.24) is 29.4 Å². The summed E-state index contributed by atoms with van der Waals surface area (Å²) in [6.45, 7) is 1.80. The number of amides is 1. The standard InChI is InChI=1S/C20H24N6O4S2/c1-30-15-4-6-16(7-5-15)32(28,29)21-11-10-18-23-22-17-8-9-19(24-26(17)18)31-14-20(27)25-12-2-3-13-25/h4-9,21H,2-3,10-14H2,1H3.